The van der Waals surface area contributed by atoms with Gasteiger partial charge in [0.1, 0.15) is 0 Å². The molecule has 1 N–H and O–H groups in total. The summed E-state index contributed by atoms with van der Waals surface area (Å²) in [7, 11) is -3.08. The van der Waals surface area contributed by atoms with Crippen LogP contribution >= 0.6 is 0 Å². The Morgan fingerprint density at radius 2 is 2.04 bits per heavy atom. The second kappa shape index (κ2) is 7.54. The number of rotatable bonds is 5. The Morgan fingerprint density at radius 3 is 2.61 bits per heavy atom. The summed E-state index contributed by atoms with van der Waals surface area (Å²) in [6.07, 6.45) is 4.36. The minimum atomic E-state index is -3.08. The van der Waals surface area contributed by atoms with E-state index in [2.05, 4.69) is 10.3 Å². The summed E-state index contributed by atoms with van der Waals surface area (Å²) < 4.78 is 22.8. The number of sulfone groups is 1. The Balaban J connectivity index is 1.87. The molecule has 0 saturated carbocycles. The van der Waals surface area contributed by atoms with Gasteiger partial charge in [-0.05, 0) is 37.5 Å². The molecule has 0 bridgehead atoms. The molecule has 1 aromatic heterocycles. The number of likely N-dealkylation sites (N-methyl/N-ethyl adjacent to an activating group) is 1. The zero-order chi connectivity index (χ0) is 16.9. The van der Waals surface area contributed by atoms with Gasteiger partial charge in [0.25, 0.3) is 0 Å². The average Bonchev–Trinajstić information content (AvgIpc) is 2.87. The van der Waals surface area contributed by atoms with Crippen LogP contribution in [0.25, 0.3) is 0 Å². The molecule has 1 aromatic rings. The number of hydrogen-bond acceptors (Lipinski definition) is 5. The lowest BCUT2D eigenvalue weighted by Crippen LogP contribution is -2.47. The van der Waals surface area contributed by atoms with Crippen molar-refractivity contribution in [2.45, 2.75) is 25.8 Å². The van der Waals surface area contributed by atoms with Crippen molar-refractivity contribution in [3.05, 3.63) is 30.1 Å². The molecule has 126 valence electrons. The summed E-state index contributed by atoms with van der Waals surface area (Å²) in [6, 6.07) is 3.26. The van der Waals surface area contributed by atoms with E-state index in [0.717, 1.165) is 5.56 Å². The Labute approximate surface area is 136 Å². The topological polar surface area (TPSA) is 96.4 Å². The van der Waals surface area contributed by atoms with Crippen molar-refractivity contribution >= 4 is 21.7 Å². The predicted molar refractivity (Wildman–Crippen MR) is 85.4 cm³/mol. The molecule has 2 rings (SSSR count). The van der Waals surface area contributed by atoms with Crippen LogP contribution < -0.4 is 5.32 Å². The fourth-order valence-corrected chi connectivity index (χ4v) is 4.19. The van der Waals surface area contributed by atoms with Gasteiger partial charge < -0.3 is 10.2 Å². The van der Waals surface area contributed by atoms with Gasteiger partial charge >= 0.3 is 11.8 Å². The van der Waals surface area contributed by atoms with Crippen molar-refractivity contribution in [2.75, 3.05) is 24.6 Å². The molecule has 8 heteroatoms. The number of amides is 2. The van der Waals surface area contributed by atoms with Gasteiger partial charge in [-0.1, -0.05) is 0 Å². The largest absolute Gasteiger partial charge is 0.344 e. The normalized spacial score (nSPS) is 19.3. The Bertz CT molecular complexity index is 661. The highest BCUT2D eigenvalue weighted by atomic mass is 32.2. The van der Waals surface area contributed by atoms with E-state index in [1.165, 1.54) is 4.90 Å². The minimum Gasteiger partial charge on any atom is -0.344 e. The molecule has 0 radical (unpaired) electrons. The van der Waals surface area contributed by atoms with Gasteiger partial charge in [0, 0.05) is 31.5 Å². The molecule has 1 saturated heterocycles. The Morgan fingerprint density at radius 1 is 1.35 bits per heavy atom. The fraction of sp³-hybridized carbons (Fsp3) is 0.533. The molecule has 1 aliphatic rings. The van der Waals surface area contributed by atoms with E-state index >= 15 is 0 Å². The number of hydrogen-bond donors (Lipinski definition) is 1. The van der Waals surface area contributed by atoms with Crippen LogP contribution in [0.1, 0.15) is 18.9 Å². The van der Waals surface area contributed by atoms with Crippen LogP contribution in [0, 0.1) is 0 Å². The van der Waals surface area contributed by atoms with Crippen LogP contribution in [0.2, 0.25) is 0 Å². The molecular formula is C15H21N3O4S. The standard InChI is InChI=1S/C15H21N3O4S/c1-2-18(9-5-12-3-7-16-8-4-12)15(20)14(19)17-13-6-10-23(21,22)11-13/h3-4,7-8,13H,2,5-6,9-11H2,1H3,(H,17,19). The molecule has 0 aromatic carbocycles. The van der Waals surface area contributed by atoms with E-state index in [9.17, 15) is 18.0 Å². The van der Waals surface area contributed by atoms with Crippen LogP contribution in [0.15, 0.2) is 24.5 Å². The quantitative estimate of drug-likeness (QED) is 0.748. The van der Waals surface area contributed by atoms with Crippen LogP contribution in [-0.2, 0) is 25.8 Å². The molecule has 0 aliphatic carbocycles. The summed E-state index contributed by atoms with van der Waals surface area (Å²) in [6.45, 7) is 2.65. The van der Waals surface area contributed by atoms with Gasteiger partial charge in [0.2, 0.25) is 0 Å². The van der Waals surface area contributed by atoms with Crippen molar-refractivity contribution in [1.82, 2.24) is 15.2 Å². The lowest BCUT2D eigenvalue weighted by molar-refractivity contribution is -0.146. The maximum Gasteiger partial charge on any atom is 0.311 e. The predicted octanol–water partition coefficient (Wildman–Crippen LogP) is -0.224. The average molecular weight is 339 g/mol. The van der Waals surface area contributed by atoms with Crippen molar-refractivity contribution in [3.8, 4) is 0 Å². The van der Waals surface area contributed by atoms with Gasteiger partial charge in [0.15, 0.2) is 9.84 Å². The van der Waals surface area contributed by atoms with E-state index in [-0.39, 0.29) is 11.5 Å². The maximum atomic E-state index is 12.2. The SMILES string of the molecule is CCN(CCc1ccncc1)C(=O)C(=O)NC1CCS(=O)(=O)C1. The highest BCUT2D eigenvalue weighted by molar-refractivity contribution is 7.91. The van der Waals surface area contributed by atoms with Crippen molar-refractivity contribution < 1.29 is 18.0 Å². The van der Waals surface area contributed by atoms with Gasteiger partial charge in [-0.15, -0.1) is 0 Å². The molecule has 1 unspecified atom stereocenters. The molecule has 0 spiro atoms. The zero-order valence-electron chi connectivity index (χ0n) is 13.1. The summed E-state index contributed by atoms with van der Waals surface area (Å²) in [4.78, 5) is 29.6. The smallest absolute Gasteiger partial charge is 0.311 e. The highest BCUT2D eigenvalue weighted by Crippen LogP contribution is 2.11. The fourth-order valence-electron chi connectivity index (χ4n) is 2.52. The van der Waals surface area contributed by atoms with E-state index in [0.29, 0.717) is 25.9 Å². The maximum absolute atomic E-state index is 12.2. The first-order valence-electron chi connectivity index (χ1n) is 7.60. The third-order valence-electron chi connectivity index (χ3n) is 3.85. The lowest BCUT2D eigenvalue weighted by atomic mass is 10.2. The summed E-state index contributed by atoms with van der Waals surface area (Å²) in [5, 5.41) is 2.53. The second-order valence-corrected chi connectivity index (χ2v) is 7.79. The van der Waals surface area contributed by atoms with Crippen LogP contribution in [-0.4, -0.2) is 60.8 Å². The van der Waals surface area contributed by atoms with Crippen LogP contribution in [0.5, 0.6) is 0 Å². The van der Waals surface area contributed by atoms with E-state index in [4.69, 9.17) is 0 Å². The molecule has 1 aliphatic heterocycles. The van der Waals surface area contributed by atoms with E-state index < -0.39 is 27.7 Å². The molecule has 2 amide bonds. The van der Waals surface area contributed by atoms with Gasteiger partial charge in [0.05, 0.1) is 11.5 Å². The third kappa shape index (κ3) is 5.02. The number of carbonyl (C=O) groups is 2. The summed E-state index contributed by atoms with van der Waals surface area (Å²) in [5.74, 6) is -1.38. The van der Waals surface area contributed by atoms with Crippen molar-refractivity contribution in [3.63, 3.8) is 0 Å². The van der Waals surface area contributed by atoms with Gasteiger partial charge in [-0.25, -0.2) is 8.42 Å². The second-order valence-electron chi connectivity index (χ2n) is 5.56. The Kier molecular flexibility index (Phi) is 5.70. The van der Waals surface area contributed by atoms with E-state index in [1.807, 2.05) is 12.1 Å². The highest BCUT2D eigenvalue weighted by Gasteiger charge is 2.31. The third-order valence-corrected chi connectivity index (χ3v) is 5.62. The van der Waals surface area contributed by atoms with Crippen LogP contribution in [0.3, 0.4) is 0 Å². The Hall–Kier alpha value is -1.96. The number of nitrogens with zero attached hydrogens (tertiary/aromatic N) is 2. The molecule has 1 atom stereocenters. The molecular weight excluding hydrogens is 318 g/mol. The lowest BCUT2D eigenvalue weighted by Gasteiger charge is -2.21. The molecule has 7 nitrogen and oxygen atoms in total. The van der Waals surface area contributed by atoms with Crippen LogP contribution in [0.4, 0.5) is 0 Å². The number of carbonyl (C=O) groups excluding carboxylic acids is 2. The molecule has 2 heterocycles. The number of nitrogens with one attached hydrogen (secondary N) is 1. The first-order chi connectivity index (χ1) is 10.9. The zero-order valence-corrected chi connectivity index (χ0v) is 13.9. The molecule has 23 heavy (non-hydrogen) atoms. The monoisotopic (exact) mass is 339 g/mol. The number of pyridine rings is 1. The molecule has 1 fully saturated rings. The van der Waals surface area contributed by atoms with Gasteiger partial charge in [-0.3, -0.25) is 14.6 Å². The van der Waals surface area contributed by atoms with Crippen molar-refractivity contribution in [1.29, 1.82) is 0 Å². The van der Waals surface area contributed by atoms with Crippen molar-refractivity contribution in [2.24, 2.45) is 0 Å². The number of aromatic nitrogens is 1. The first-order valence-corrected chi connectivity index (χ1v) is 9.42. The summed E-state index contributed by atoms with van der Waals surface area (Å²) in [5.41, 5.74) is 1.04. The first kappa shape index (κ1) is 17.4. The van der Waals surface area contributed by atoms with E-state index in [1.54, 1.807) is 19.3 Å². The van der Waals surface area contributed by atoms with Gasteiger partial charge in [-0.2, -0.15) is 0 Å². The summed E-state index contributed by atoms with van der Waals surface area (Å²) >= 11 is 0. The minimum absolute atomic E-state index is 0.0612.